The fourth-order valence-corrected chi connectivity index (χ4v) is 6.87. The van der Waals surface area contributed by atoms with E-state index in [1.165, 1.54) is 25.1 Å². The molecule has 3 aliphatic carbocycles. The number of carbonyl (C=O) groups is 3. The zero-order valence-corrected chi connectivity index (χ0v) is 23.3. The van der Waals surface area contributed by atoms with Gasteiger partial charge in [-0.05, 0) is 56.6 Å². The molecule has 0 aromatic heterocycles. The van der Waals surface area contributed by atoms with Crippen LogP contribution in [0, 0.1) is 23.7 Å². The standard InChI is InChI=1S/C31H31N5O6/c1-15-4-6-16(7-5-15)8-9-17-10-11-19(37)20-18(17)12-29(34)13-31(35)25(36(2)3)24(39)21(28(33)42)26(40)30(31,14-32)27(41)22(29)23(20)38/h4-11,25,37-38,40H,12-13,34-35H2,1-3H3,(H2,33,42)/b9-8+/t25-,29-,30+,31-/m1/s1. The predicted molar refractivity (Wildman–Crippen MR) is 154 cm³/mol. The van der Waals surface area contributed by atoms with Gasteiger partial charge in [0, 0.05) is 0 Å². The number of phenols is 1. The van der Waals surface area contributed by atoms with Crippen molar-refractivity contribution in [3.05, 3.63) is 81.1 Å². The van der Waals surface area contributed by atoms with Crippen molar-refractivity contribution >= 4 is 35.4 Å². The number of likely N-dealkylation sites (N-methyl/N-ethyl adjacent to an activating group) is 1. The number of phenolic OH excluding ortho intramolecular Hbond substituents is 1. The summed E-state index contributed by atoms with van der Waals surface area (Å²) in [5.74, 6) is -5.68. The molecule has 216 valence electrons. The molecule has 1 fully saturated rings. The number of primary amides is 1. The second-order valence-corrected chi connectivity index (χ2v) is 11.6. The molecule has 0 radical (unpaired) electrons. The van der Waals surface area contributed by atoms with E-state index in [1.807, 2.05) is 37.3 Å². The van der Waals surface area contributed by atoms with Crippen LogP contribution in [0.25, 0.3) is 17.9 Å². The van der Waals surface area contributed by atoms with Crippen LogP contribution in [0.4, 0.5) is 0 Å². The van der Waals surface area contributed by atoms with E-state index in [1.54, 1.807) is 18.2 Å². The highest BCUT2D eigenvalue weighted by Crippen LogP contribution is 2.58. The minimum atomic E-state index is -2.69. The first-order valence-electron chi connectivity index (χ1n) is 13.2. The number of aryl methyl sites for hydroxylation is 1. The van der Waals surface area contributed by atoms with Gasteiger partial charge < -0.3 is 32.5 Å². The van der Waals surface area contributed by atoms with Gasteiger partial charge in [0.1, 0.15) is 22.8 Å². The van der Waals surface area contributed by atoms with Gasteiger partial charge in [0.25, 0.3) is 5.91 Å². The normalized spacial score (nSPS) is 28.9. The number of fused-ring (bicyclic) bond motifs is 3. The van der Waals surface area contributed by atoms with Gasteiger partial charge in [-0.2, -0.15) is 5.26 Å². The van der Waals surface area contributed by atoms with Crippen molar-refractivity contribution in [1.82, 2.24) is 4.90 Å². The molecule has 0 bridgehead atoms. The van der Waals surface area contributed by atoms with Gasteiger partial charge in [0.05, 0.1) is 34.3 Å². The van der Waals surface area contributed by atoms with E-state index >= 15 is 0 Å². The molecule has 11 nitrogen and oxygen atoms in total. The van der Waals surface area contributed by atoms with Gasteiger partial charge in [-0.1, -0.05) is 48.0 Å². The number of carbonyl (C=O) groups excluding carboxylic acids is 3. The highest BCUT2D eigenvalue weighted by Gasteiger charge is 2.74. The number of hydrogen-bond acceptors (Lipinski definition) is 10. The maximum absolute atomic E-state index is 14.4. The van der Waals surface area contributed by atoms with Crippen molar-refractivity contribution in [2.45, 2.75) is 36.9 Å². The number of amides is 1. The van der Waals surface area contributed by atoms with Gasteiger partial charge in [-0.3, -0.25) is 19.3 Å². The largest absolute Gasteiger partial charge is 0.509 e. The van der Waals surface area contributed by atoms with Crippen LogP contribution in [0.3, 0.4) is 0 Å². The molecule has 42 heavy (non-hydrogen) atoms. The van der Waals surface area contributed by atoms with Crippen molar-refractivity contribution in [3.63, 3.8) is 0 Å². The molecule has 3 aliphatic rings. The zero-order valence-electron chi connectivity index (χ0n) is 23.3. The van der Waals surface area contributed by atoms with Crippen LogP contribution in [-0.2, 0) is 20.8 Å². The summed E-state index contributed by atoms with van der Waals surface area (Å²) in [6, 6.07) is 11.1. The Morgan fingerprint density at radius 1 is 1.07 bits per heavy atom. The summed E-state index contributed by atoms with van der Waals surface area (Å²) in [5, 5.41) is 44.1. The van der Waals surface area contributed by atoms with Crippen LogP contribution in [0.15, 0.2) is 53.3 Å². The fraction of sp³-hybridized carbons (Fsp3) is 0.290. The Hall–Kier alpha value is -4.76. The monoisotopic (exact) mass is 569 g/mol. The van der Waals surface area contributed by atoms with Gasteiger partial charge >= 0.3 is 0 Å². The lowest BCUT2D eigenvalue weighted by molar-refractivity contribution is -0.139. The van der Waals surface area contributed by atoms with Crippen molar-refractivity contribution in [2.24, 2.45) is 22.6 Å². The van der Waals surface area contributed by atoms with Gasteiger partial charge in [-0.15, -0.1) is 0 Å². The number of aliphatic hydroxyl groups excluding tert-OH is 2. The number of ketones is 2. The first-order chi connectivity index (χ1) is 19.6. The molecule has 0 heterocycles. The molecule has 0 saturated heterocycles. The van der Waals surface area contributed by atoms with E-state index in [4.69, 9.17) is 17.2 Å². The summed E-state index contributed by atoms with van der Waals surface area (Å²) >= 11 is 0. The predicted octanol–water partition coefficient (Wildman–Crippen LogP) is 1.38. The molecular formula is C31H31N5O6. The minimum Gasteiger partial charge on any atom is -0.509 e. The molecule has 0 spiro atoms. The number of Topliss-reactive ketones (excluding diaryl/α,β-unsaturated/α-hetero) is 2. The molecule has 9 N–H and O–H groups in total. The molecular weight excluding hydrogens is 538 g/mol. The minimum absolute atomic E-state index is 0.0577. The lowest BCUT2D eigenvalue weighted by atomic mass is 9.47. The van der Waals surface area contributed by atoms with E-state index in [0.29, 0.717) is 11.1 Å². The second-order valence-electron chi connectivity index (χ2n) is 11.6. The average Bonchev–Trinajstić information content (AvgIpc) is 2.88. The number of hydrogen-bond donors (Lipinski definition) is 6. The second kappa shape index (κ2) is 9.39. The van der Waals surface area contributed by atoms with E-state index < -0.39 is 69.1 Å². The van der Waals surface area contributed by atoms with Crippen LogP contribution >= 0.6 is 0 Å². The first-order valence-corrected chi connectivity index (χ1v) is 13.2. The Labute approximate surface area is 241 Å². The van der Waals surface area contributed by atoms with Crippen LogP contribution in [-0.4, -0.2) is 68.9 Å². The van der Waals surface area contributed by atoms with Crippen molar-refractivity contribution in [3.8, 4) is 11.8 Å². The van der Waals surface area contributed by atoms with E-state index in [-0.39, 0.29) is 17.7 Å². The Morgan fingerprint density at radius 3 is 2.29 bits per heavy atom. The third-order valence-electron chi connectivity index (χ3n) is 8.70. The zero-order chi connectivity index (χ0) is 30.9. The molecule has 5 rings (SSSR count). The number of nitrogens with two attached hydrogens (primary N) is 3. The average molecular weight is 570 g/mol. The Morgan fingerprint density at radius 2 is 1.71 bits per heavy atom. The number of benzene rings is 2. The third kappa shape index (κ3) is 3.66. The van der Waals surface area contributed by atoms with Gasteiger partial charge in [0.15, 0.2) is 17.0 Å². The molecule has 0 unspecified atom stereocenters. The lowest BCUT2D eigenvalue weighted by Crippen LogP contribution is -2.80. The number of nitrogens with zero attached hydrogens (tertiary/aromatic N) is 2. The SMILES string of the molecule is Cc1ccc(/C=C/c2ccc(O)c3c2C[C@@]2(N)C[C@@]4(N)[C@H](N(C)C)C(=O)C(C(N)=O)=C(O)[C@@]4(C#N)C(=O)C2=C3O)cc1. The maximum Gasteiger partial charge on any atom is 0.255 e. The topological polar surface area (TPSA) is 217 Å². The molecule has 1 saturated carbocycles. The van der Waals surface area contributed by atoms with Crippen molar-refractivity contribution < 1.29 is 29.7 Å². The summed E-state index contributed by atoms with van der Waals surface area (Å²) in [6.45, 7) is 1.97. The van der Waals surface area contributed by atoms with Gasteiger partial charge in [0.2, 0.25) is 0 Å². The molecule has 2 aromatic carbocycles. The van der Waals surface area contributed by atoms with Crippen LogP contribution in [0.2, 0.25) is 0 Å². The smallest absolute Gasteiger partial charge is 0.255 e. The van der Waals surface area contributed by atoms with E-state index in [2.05, 4.69) is 0 Å². The highest BCUT2D eigenvalue weighted by atomic mass is 16.3. The molecule has 4 atom stereocenters. The third-order valence-corrected chi connectivity index (χ3v) is 8.70. The molecule has 0 aliphatic heterocycles. The molecule has 11 heteroatoms. The van der Waals surface area contributed by atoms with E-state index in [0.717, 1.165) is 11.1 Å². The summed E-state index contributed by atoms with van der Waals surface area (Å²) in [5.41, 5.74) is 14.2. The summed E-state index contributed by atoms with van der Waals surface area (Å²) in [6.07, 6.45) is 3.09. The molecule has 2 aromatic rings. The number of aliphatic hydroxyl groups is 2. The number of rotatable bonds is 4. The van der Waals surface area contributed by atoms with Gasteiger partial charge in [-0.25, -0.2) is 0 Å². The fourth-order valence-electron chi connectivity index (χ4n) is 6.87. The van der Waals surface area contributed by atoms with Crippen LogP contribution in [0.5, 0.6) is 5.75 Å². The van der Waals surface area contributed by atoms with Crippen LogP contribution < -0.4 is 17.2 Å². The Balaban J connectivity index is 1.78. The summed E-state index contributed by atoms with van der Waals surface area (Å²) in [7, 11) is 2.94. The maximum atomic E-state index is 14.4. The quantitative estimate of drug-likeness (QED) is 0.230. The van der Waals surface area contributed by atoms with Crippen molar-refractivity contribution in [2.75, 3.05) is 14.1 Å². The number of nitriles is 1. The Bertz CT molecular complexity index is 1720. The number of aromatic hydroxyl groups is 1. The van der Waals surface area contributed by atoms with E-state index in [9.17, 15) is 35.0 Å². The molecule has 1 amide bonds. The lowest BCUT2D eigenvalue weighted by Gasteiger charge is -2.58. The Kier molecular flexibility index (Phi) is 6.43. The van der Waals surface area contributed by atoms with Crippen molar-refractivity contribution in [1.29, 1.82) is 5.26 Å². The highest BCUT2D eigenvalue weighted by molar-refractivity contribution is 6.25. The summed E-state index contributed by atoms with van der Waals surface area (Å²) in [4.78, 5) is 41.5. The van der Waals surface area contributed by atoms with Crippen LogP contribution in [0.1, 0.15) is 34.2 Å². The first kappa shape index (κ1) is 28.8. The summed E-state index contributed by atoms with van der Waals surface area (Å²) < 4.78 is 0.